The fourth-order valence-electron chi connectivity index (χ4n) is 3.61. The van der Waals surface area contributed by atoms with Gasteiger partial charge in [-0.3, -0.25) is 4.52 Å². The number of rotatable bonds is 8. The van der Waals surface area contributed by atoms with Gasteiger partial charge in [0.2, 0.25) is 0 Å². The molecule has 3 rings (SSSR count). The second-order valence-corrected chi connectivity index (χ2v) is 9.05. The summed E-state index contributed by atoms with van der Waals surface area (Å²) >= 11 is 0. The second-order valence-electron chi connectivity index (χ2n) is 7.95. The Labute approximate surface area is 187 Å². The summed E-state index contributed by atoms with van der Waals surface area (Å²) in [4.78, 5) is 0. The van der Waals surface area contributed by atoms with Gasteiger partial charge in [0.05, 0.1) is 0 Å². The molecule has 0 heterocycles. The lowest BCUT2D eigenvalue weighted by Crippen LogP contribution is -2.19. The van der Waals surface area contributed by atoms with E-state index in [2.05, 4.69) is 0 Å². The summed E-state index contributed by atoms with van der Waals surface area (Å²) in [5, 5.41) is 9.99. The highest BCUT2D eigenvalue weighted by molar-refractivity contribution is 7.39. The van der Waals surface area contributed by atoms with E-state index in [1.54, 1.807) is 38.1 Å². The minimum absolute atomic E-state index is 0.00331. The van der Waals surface area contributed by atoms with E-state index in [4.69, 9.17) is 9.26 Å². The Morgan fingerprint density at radius 2 is 1.59 bits per heavy atom. The molecule has 168 valence electrons. The third kappa shape index (κ3) is 5.25. The SMILES string of the molecule is Cc1cc(OC[P+](=O)Oc2ccccc2)cc(C)c1C(F)(F)c1ccc(O)c(C(C)C)c1. The quantitative estimate of drug-likeness (QED) is 0.356. The number of benzene rings is 3. The molecule has 0 amide bonds. The van der Waals surface area contributed by atoms with Crippen molar-refractivity contribution < 1.29 is 27.7 Å². The van der Waals surface area contributed by atoms with Crippen molar-refractivity contribution in [1.29, 1.82) is 0 Å². The van der Waals surface area contributed by atoms with E-state index in [1.807, 2.05) is 19.9 Å². The van der Waals surface area contributed by atoms with Crippen LogP contribution in [0.1, 0.15) is 47.6 Å². The number of phenolic OH excluding ortho intramolecular Hbond substituents is 1. The van der Waals surface area contributed by atoms with E-state index < -0.39 is 14.0 Å². The zero-order valence-corrected chi connectivity index (χ0v) is 19.3. The molecule has 32 heavy (non-hydrogen) atoms. The van der Waals surface area contributed by atoms with E-state index in [0.717, 1.165) is 0 Å². The van der Waals surface area contributed by atoms with Crippen LogP contribution in [0.25, 0.3) is 0 Å². The fraction of sp³-hybridized carbons (Fsp3) is 0.280. The van der Waals surface area contributed by atoms with Crippen molar-refractivity contribution in [2.45, 2.75) is 39.5 Å². The number of hydrogen-bond acceptors (Lipinski definition) is 4. The molecule has 7 heteroatoms. The molecule has 1 N–H and O–H groups in total. The molecule has 0 fully saturated rings. The number of phenols is 1. The van der Waals surface area contributed by atoms with Crippen LogP contribution in [0.2, 0.25) is 0 Å². The average molecular weight is 459 g/mol. The summed E-state index contributed by atoms with van der Waals surface area (Å²) in [6.07, 6.45) is -0.200. The Hall–Kier alpha value is -2.98. The highest BCUT2D eigenvalue weighted by Crippen LogP contribution is 2.42. The summed E-state index contributed by atoms with van der Waals surface area (Å²) in [6, 6.07) is 15.7. The topological polar surface area (TPSA) is 55.8 Å². The Morgan fingerprint density at radius 3 is 2.19 bits per heavy atom. The Kier molecular flexibility index (Phi) is 7.15. The van der Waals surface area contributed by atoms with Crippen molar-refractivity contribution in [2.75, 3.05) is 6.35 Å². The molecule has 3 aromatic rings. The van der Waals surface area contributed by atoms with E-state index in [9.17, 15) is 9.67 Å². The molecule has 0 bridgehead atoms. The van der Waals surface area contributed by atoms with Crippen molar-refractivity contribution in [3.63, 3.8) is 0 Å². The zero-order valence-electron chi connectivity index (χ0n) is 18.4. The van der Waals surface area contributed by atoms with Crippen LogP contribution in [-0.2, 0) is 10.5 Å². The van der Waals surface area contributed by atoms with Crippen molar-refractivity contribution in [2.24, 2.45) is 0 Å². The van der Waals surface area contributed by atoms with Crippen LogP contribution in [0.15, 0.2) is 60.7 Å². The van der Waals surface area contributed by atoms with Crippen LogP contribution in [0.5, 0.6) is 17.2 Å². The van der Waals surface area contributed by atoms with Gasteiger partial charge in [0, 0.05) is 11.1 Å². The molecule has 0 aliphatic rings. The molecule has 1 atom stereocenters. The zero-order chi connectivity index (χ0) is 23.5. The Morgan fingerprint density at radius 1 is 0.969 bits per heavy atom. The summed E-state index contributed by atoms with van der Waals surface area (Å²) in [6.45, 7) is 6.86. The van der Waals surface area contributed by atoms with Crippen LogP contribution in [0, 0.1) is 13.8 Å². The smallest absolute Gasteiger partial charge is 0.508 e. The number of para-hydroxylation sites is 1. The third-order valence-electron chi connectivity index (χ3n) is 5.12. The molecule has 0 aromatic heterocycles. The molecule has 0 saturated carbocycles. The van der Waals surface area contributed by atoms with Gasteiger partial charge in [-0.25, -0.2) is 0 Å². The summed E-state index contributed by atoms with van der Waals surface area (Å²) < 4.78 is 54.0. The highest BCUT2D eigenvalue weighted by atomic mass is 31.1. The molecule has 4 nitrogen and oxygen atoms in total. The average Bonchev–Trinajstić information content (AvgIpc) is 2.72. The molecule has 0 saturated heterocycles. The first-order chi connectivity index (χ1) is 15.1. The monoisotopic (exact) mass is 459 g/mol. The Balaban J connectivity index is 1.80. The van der Waals surface area contributed by atoms with Crippen molar-refractivity contribution in [3.05, 3.63) is 88.5 Å². The van der Waals surface area contributed by atoms with Gasteiger partial charge in [-0.15, -0.1) is 0 Å². The summed E-state index contributed by atoms with van der Waals surface area (Å²) in [5.74, 6) is -2.54. The van der Waals surface area contributed by atoms with Gasteiger partial charge in [0.25, 0.3) is 5.92 Å². The van der Waals surface area contributed by atoms with Crippen LogP contribution in [0.4, 0.5) is 8.78 Å². The predicted octanol–water partition coefficient (Wildman–Crippen LogP) is 7.43. The van der Waals surface area contributed by atoms with E-state index in [1.165, 1.54) is 30.3 Å². The van der Waals surface area contributed by atoms with E-state index >= 15 is 8.78 Å². The lowest BCUT2D eigenvalue weighted by Gasteiger charge is -2.23. The number of alkyl halides is 2. The number of aromatic hydroxyl groups is 1. The Bertz CT molecular complexity index is 1090. The lowest BCUT2D eigenvalue weighted by atomic mass is 9.90. The van der Waals surface area contributed by atoms with Crippen LogP contribution >= 0.6 is 8.03 Å². The number of hydrogen-bond donors (Lipinski definition) is 1. The first kappa shape index (κ1) is 23.7. The van der Waals surface area contributed by atoms with Gasteiger partial charge in [-0.05, 0) is 83.5 Å². The van der Waals surface area contributed by atoms with Crippen LogP contribution < -0.4 is 9.26 Å². The van der Waals surface area contributed by atoms with Crippen LogP contribution in [-0.4, -0.2) is 11.5 Å². The van der Waals surface area contributed by atoms with Crippen molar-refractivity contribution >= 4 is 8.03 Å². The van der Waals surface area contributed by atoms with Gasteiger partial charge in [0.1, 0.15) is 11.5 Å². The normalized spacial score (nSPS) is 12.0. The van der Waals surface area contributed by atoms with Gasteiger partial charge in [-0.1, -0.05) is 32.0 Å². The molecule has 0 aliphatic heterocycles. The van der Waals surface area contributed by atoms with E-state index in [-0.39, 0.29) is 29.1 Å². The minimum Gasteiger partial charge on any atom is -0.508 e. The molecular formula is C25H26F2O4P+. The molecular weight excluding hydrogens is 433 g/mol. The maximum absolute atomic E-state index is 15.5. The molecule has 0 aliphatic carbocycles. The maximum Gasteiger partial charge on any atom is 0.598 e. The third-order valence-corrected chi connectivity index (χ3v) is 5.87. The van der Waals surface area contributed by atoms with Crippen molar-refractivity contribution in [1.82, 2.24) is 0 Å². The van der Waals surface area contributed by atoms with Crippen molar-refractivity contribution in [3.8, 4) is 17.2 Å². The molecule has 0 spiro atoms. The first-order valence-electron chi connectivity index (χ1n) is 10.2. The molecule has 3 aromatic carbocycles. The van der Waals surface area contributed by atoms with Gasteiger partial charge in [-0.2, -0.15) is 8.78 Å². The highest BCUT2D eigenvalue weighted by Gasteiger charge is 2.38. The molecule has 0 radical (unpaired) electrons. The number of aryl methyl sites for hydroxylation is 2. The maximum atomic E-state index is 15.5. The molecule has 1 unspecified atom stereocenters. The van der Waals surface area contributed by atoms with Gasteiger partial charge < -0.3 is 9.84 Å². The lowest BCUT2D eigenvalue weighted by molar-refractivity contribution is 0.0413. The number of halogens is 2. The van der Waals surface area contributed by atoms with Gasteiger partial charge >= 0.3 is 14.4 Å². The standard InChI is InChI=1S/C25H25F2O4P/c1-16(2)22-14-19(10-11-23(22)28)25(26,27)24-17(3)12-21(13-18(24)4)30-15-32(29)31-20-8-6-5-7-9-20/h5-14,16H,15H2,1-4H3/p+1. The van der Waals surface area contributed by atoms with E-state index in [0.29, 0.717) is 28.2 Å². The predicted molar refractivity (Wildman–Crippen MR) is 121 cm³/mol. The second kappa shape index (κ2) is 9.66. The first-order valence-corrected chi connectivity index (χ1v) is 11.6. The summed E-state index contributed by atoms with van der Waals surface area (Å²) in [7, 11) is -2.12. The fourth-order valence-corrected chi connectivity index (χ4v) is 4.28. The van der Waals surface area contributed by atoms with Gasteiger partial charge in [0.15, 0.2) is 5.75 Å². The minimum atomic E-state index is -3.26. The number of ether oxygens (including phenoxy) is 1. The van der Waals surface area contributed by atoms with Crippen LogP contribution in [0.3, 0.4) is 0 Å². The summed E-state index contributed by atoms with van der Waals surface area (Å²) in [5.41, 5.74) is 0.875. The largest absolute Gasteiger partial charge is 0.598 e.